The molecule has 0 aliphatic heterocycles. The number of fused-ring (bicyclic) bond motifs is 1. The quantitative estimate of drug-likeness (QED) is 0.251. The largest absolute Gasteiger partial charge is 0.494 e. The molecule has 2 aromatic heterocycles. The molecule has 9 heteroatoms. The van der Waals surface area contributed by atoms with Crippen molar-refractivity contribution in [3.8, 4) is 28.7 Å². The Balaban J connectivity index is 1.51. The molecule has 0 saturated carbocycles. The lowest BCUT2D eigenvalue weighted by Gasteiger charge is -2.05. The molecule has 0 amide bonds. The molecule has 4 rings (SSSR count). The van der Waals surface area contributed by atoms with Crippen LogP contribution in [0.5, 0.6) is 5.75 Å². The number of H-pyrrole nitrogens is 1. The van der Waals surface area contributed by atoms with Gasteiger partial charge in [-0.2, -0.15) is 0 Å². The summed E-state index contributed by atoms with van der Waals surface area (Å²) in [6, 6.07) is 11.1. The van der Waals surface area contributed by atoms with E-state index in [1.54, 1.807) is 12.1 Å². The number of aliphatic carboxylic acids is 1. The predicted molar refractivity (Wildman–Crippen MR) is 130 cm³/mol. The highest BCUT2D eigenvalue weighted by atomic mass is 35.5. The van der Waals surface area contributed by atoms with Crippen LogP contribution in [-0.2, 0) is 11.3 Å². The van der Waals surface area contributed by atoms with Crippen LogP contribution in [0.15, 0.2) is 42.6 Å². The third-order valence-electron chi connectivity index (χ3n) is 5.29. The van der Waals surface area contributed by atoms with Crippen LogP contribution < -0.4 is 4.74 Å². The van der Waals surface area contributed by atoms with Crippen LogP contribution >= 0.6 is 23.2 Å². The lowest BCUT2D eigenvalue weighted by molar-refractivity contribution is -0.137. The summed E-state index contributed by atoms with van der Waals surface area (Å²) >= 11 is 12.4. The Kier molecular flexibility index (Phi) is 7.20. The average Bonchev–Trinajstić information content (AvgIpc) is 3.39. The number of imidazole rings is 2. The average molecular weight is 487 g/mol. The summed E-state index contributed by atoms with van der Waals surface area (Å²) in [6.45, 7) is 3.31. The molecule has 0 aliphatic carbocycles. The molecule has 0 saturated heterocycles. The van der Waals surface area contributed by atoms with Gasteiger partial charge in [-0.3, -0.25) is 4.79 Å². The van der Waals surface area contributed by atoms with Crippen LogP contribution in [0.25, 0.3) is 33.9 Å². The molecule has 0 radical (unpaired) electrons. The molecule has 7 nitrogen and oxygen atoms in total. The lowest BCUT2D eigenvalue weighted by Crippen LogP contribution is -1.99. The van der Waals surface area contributed by atoms with Gasteiger partial charge in [0, 0.05) is 35.8 Å². The highest BCUT2D eigenvalue weighted by molar-refractivity contribution is 6.36. The summed E-state index contributed by atoms with van der Waals surface area (Å²) in [5.41, 5.74) is 3.23. The fourth-order valence-corrected chi connectivity index (χ4v) is 4.11. The van der Waals surface area contributed by atoms with Crippen molar-refractivity contribution in [3.63, 3.8) is 0 Å². The number of aryl methyl sites for hydroxylation is 1. The molecular formula is C24H24Cl2N4O3. The van der Waals surface area contributed by atoms with Gasteiger partial charge in [0.25, 0.3) is 0 Å². The van der Waals surface area contributed by atoms with Gasteiger partial charge in [-0.15, -0.1) is 0 Å². The van der Waals surface area contributed by atoms with E-state index < -0.39 is 5.97 Å². The first-order chi connectivity index (χ1) is 15.9. The zero-order chi connectivity index (χ0) is 23.4. The number of hydrogen-bond acceptors (Lipinski definition) is 4. The van der Waals surface area contributed by atoms with Crippen LogP contribution in [0.1, 0.15) is 32.6 Å². The van der Waals surface area contributed by atoms with E-state index in [-0.39, 0.29) is 6.42 Å². The summed E-state index contributed by atoms with van der Waals surface area (Å²) < 4.78 is 7.84. The van der Waals surface area contributed by atoms with Crippen molar-refractivity contribution >= 4 is 40.2 Å². The Labute approximate surface area is 201 Å². The van der Waals surface area contributed by atoms with Crippen molar-refractivity contribution in [3.05, 3.63) is 52.6 Å². The van der Waals surface area contributed by atoms with Crippen molar-refractivity contribution < 1.29 is 14.6 Å². The smallest absolute Gasteiger partial charge is 0.303 e. The number of carbonyl (C=O) groups is 1. The van der Waals surface area contributed by atoms with Gasteiger partial charge in [0.2, 0.25) is 0 Å². The Morgan fingerprint density at radius 1 is 1.12 bits per heavy atom. The number of ether oxygens (including phenoxy) is 1. The van der Waals surface area contributed by atoms with Gasteiger partial charge >= 0.3 is 5.97 Å². The summed E-state index contributed by atoms with van der Waals surface area (Å²) in [5.74, 6) is 1.36. The molecule has 2 N–H and O–H groups in total. The first-order valence-corrected chi connectivity index (χ1v) is 11.6. The van der Waals surface area contributed by atoms with Crippen molar-refractivity contribution in [1.82, 2.24) is 19.5 Å². The summed E-state index contributed by atoms with van der Waals surface area (Å²) in [6.07, 6.45) is 4.44. The maximum atomic E-state index is 10.6. The van der Waals surface area contributed by atoms with E-state index in [0.717, 1.165) is 53.3 Å². The number of halogens is 2. The maximum absolute atomic E-state index is 10.6. The highest BCUT2D eigenvalue weighted by Gasteiger charge is 2.16. The Bertz CT molecular complexity index is 1280. The predicted octanol–water partition coefficient (Wildman–Crippen LogP) is 6.44. The van der Waals surface area contributed by atoms with Gasteiger partial charge in [0.1, 0.15) is 5.75 Å². The van der Waals surface area contributed by atoms with Gasteiger partial charge in [-0.1, -0.05) is 23.2 Å². The second-order valence-electron chi connectivity index (χ2n) is 7.68. The van der Waals surface area contributed by atoms with Gasteiger partial charge in [-0.25, -0.2) is 9.97 Å². The number of benzene rings is 2. The number of aromatic amines is 1. The molecule has 0 spiro atoms. The number of carboxylic acids is 1. The molecule has 33 heavy (non-hydrogen) atoms. The minimum atomic E-state index is -0.761. The topological polar surface area (TPSA) is 93.0 Å². The molecule has 0 unspecified atom stereocenters. The molecule has 2 aromatic carbocycles. The summed E-state index contributed by atoms with van der Waals surface area (Å²) in [7, 11) is 0. The highest BCUT2D eigenvalue weighted by Crippen LogP contribution is 2.32. The normalized spacial score (nSPS) is 11.2. The zero-order valence-electron chi connectivity index (χ0n) is 18.1. The molecule has 0 fully saturated rings. The number of aromatic nitrogens is 4. The fraction of sp³-hybridized carbons (Fsp3) is 0.292. The Morgan fingerprint density at radius 2 is 1.97 bits per heavy atom. The SMILES string of the molecule is CCn1cc(-c2ccc(Cl)cc2Cl)nc1-c1nc2ccc(OCCCCCC(=O)O)cc2[nH]1. The molecule has 0 aliphatic rings. The van der Waals surface area contributed by atoms with E-state index in [1.807, 2.05) is 42.0 Å². The third kappa shape index (κ3) is 5.49. The number of hydrogen-bond donors (Lipinski definition) is 2. The Hall–Kier alpha value is -3.03. The molecule has 2 heterocycles. The summed E-state index contributed by atoms with van der Waals surface area (Å²) in [5, 5.41) is 9.81. The first kappa shape index (κ1) is 23.1. The van der Waals surface area contributed by atoms with E-state index in [4.69, 9.17) is 43.0 Å². The molecular weight excluding hydrogens is 463 g/mol. The van der Waals surface area contributed by atoms with Crippen LogP contribution in [0.3, 0.4) is 0 Å². The van der Waals surface area contributed by atoms with Crippen molar-refractivity contribution in [2.75, 3.05) is 6.61 Å². The number of nitrogens with one attached hydrogen (secondary N) is 1. The maximum Gasteiger partial charge on any atom is 0.303 e. The minimum absolute atomic E-state index is 0.197. The number of carboxylic acid groups (broad SMARTS) is 1. The van der Waals surface area contributed by atoms with Crippen LogP contribution in [0, 0.1) is 0 Å². The van der Waals surface area contributed by atoms with Crippen molar-refractivity contribution in [2.24, 2.45) is 0 Å². The van der Waals surface area contributed by atoms with Gasteiger partial charge < -0.3 is 19.4 Å². The zero-order valence-corrected chi connectivity index (χ0v) is 19.7. The Morgan fingerprint density at radius 3 is 2.73 bits per heavy atom. The van der Waals surface area contributed by atoms with Crippen molar-refractivity contribution in [2.45, 2.75) is 39.2 Å². The first-order valence-electron chi connectivity index (χ1n) is 10.8. The monoisotopic (exact) mass is 486 g/mol. The summed E-state index contributed by atoms with van der Waals surface area (Å²) in [4.78, 5) is 23.4. The van der Waals surface area contributed by atoms with E-state index in [1.165, 1.54) is 0 Å². The van der Waals surface area contributed by atoms with E-state index in [2.05, 4.69) is 4.98 Å². The fourth-order valence-electron chi connectivity index (χ4n) is 3.60. The second-order valence-corrected chi connectivity index (χ2v) is 8.52. The molecule has 4 aromatic rings. The van der Waals surface area contributed by atoms with Gasteiger partial charge in [0.05, 0.1) is 28.4 Å². The lowest BCUT2D eigenvalue weighted by atomic mass is 10.2. The number of nitrogens with zero attached hydrogens (tertiary/aromatic N) is 3. The van der Waals surface area contributed by atoms with E-state index in [9.17, 15) is 4.79 Å². The molecule has 172 valence electrons. The number of rotatable bonds is 10. The molecule has 0 bridgehead atoms. The molecule has 0 atom stereocenters. The van der Waals surface area contributed by atoms with Crippen LogP contribution in [0.2, 0.25) is 10.0 Å². The second kappa shape index (κ2) is 10.3. The number of unbranched alkanes of at least 4 members (excludes halogenated alkanes) is 2. The van der Waals surface area contributed by atoms with E-state index in [0.29, 0.717) is 28.9 Å². The van der Waals surface area contributed by atoms with Gasteiger partial charge in [-0.05, 0) is 56.5 Å². The van der Waals surface area contributed by atoms with Crippen LogP contribution in [0.4, 0.5) is 0 Å². The third-order valence-corrected chi connectivity index (χ3v) is 5.84. The minimum Gasteiger partial charge on any atom is -0.494 e. The van der Waals surface area contributed by atoms with E-state index >= 15 is 0 Å². The van der Waals surface area contributed by atoms with Crippen LogP contribution in [-0.4, -0.2) is 37.2 Å². The van der Waals surface area contributed by atoms with Crippen molar-refractivity contribution in [1.29, 1.82) is 0 Å². The van der Waals surface area contributed by atoms with Gasteiger partial charge in [0.15, 0.2) is 11.6 Å². The standard InChI is InChI=1S/C24H24Cl2N4O3/c1-2-30-14-21(17-9-7-15(25)12-18(17)26)29-24(30)23-27-19-10-8-16(13-20(19)28-23)33-11-5-3-4-6-22(31)32/h7-10,12-14H,2-6,11H2,1H3,(H,27,28)(H,31,32).